The SMILES string of the molecule is C/N=C\C1=C(NNC)C(C)(C(F)(F)F)CN1C(=O)OC(C)(C)C. The first-order valence-electron chi connectivity index (χ1n) is 7.04. The molecule has 1 aliphatic rings. The lowest BCUT2D eigenvalue weighted by atomic mass is 9.87. The van der Waals surface area contributed by atoms with Gasteiger partial charge in [0, 0.05) is 26.9 Å². The second kappa shape index (κ2) is 6.38. The number of amides is 1. The molecule has 0 radical (unpaired) electrons. The van der Waals surface area contributed by atoms with Crippen molar-refractivity contribution < 1.29 is 22.7 Å². The molecule has 1 heterocycles. The number of hydrogen-bond acceptors (Lipinski definition) is 5. The van der Waals surface area contributed by atoms with Crippen molar-refractivity contribution in [2.75, 3.05) is 20.6 Å². The number of aliphatic imine (C=N–C) groups is 1. The number of carbonyl (C=O) groups is 1. The van der Waals surface area contributed by atoms with Crippen molar-refractivity contribution in [1.29, 1.82) is 0 Å². The predicted molar refractivity (Wildman–Crippen MR) is 80.7 cm³/mol. The van der Waals surface area contributed by atoms with E-state index in [9.17, 15) is 18.0 Å². The molecule has 0 aromatic heterocycles. The van der Waals surface area contributed by atoms with Gasteiger partial charge < -0.3 is 10.2 Å². The molecule has 0 saturated carbocycles. The first-order valence-corrected chi connectivity index (χ1v) is 7.04. The van der Waals surface area contributed by atoms with Crippen molar-refractivity contribution in [1.82, 2.24) is 15.8 Å². The Kier molecular flexibility index (Phi) is 5.35. The molecule has 6 nitrogen and oxygen atoms in total. The molecule has 1 amide bonds. The molecule has 0 bridgehead atoms. The van der Waals surface area contributed by atoms with Gasteiger partial charge in [0.05, 0.1) is 11.4 Å². The summed E-state index contributed by atoms with van der Waals surface area (Å²) in [4.78, 5) is 17.0. The van der Waals surface area contributed by atoms with Gasteiger partial charge in [-0.15, -0.1) is 0 Å². The third-order valence-electron chi connectivity index (χ3n) is 3.31. The topological polar surface area (TPSA) is 66.0 Å². The molecule has 1 unspecified atom stereocenters. The van der Waals surface area contributed by atoms with E-state index in [0.29, 0.717) is 0 Å². The zero-order valence-corrected chi connectivity index (χ0v) is 14.1. The second-order valence-electron chi connectivity index (χ2n) is 6.42. The Morgan fingerprint density at radius 1 is 1.39 bits per heavy atom. The normalized spacial score (nSPS) is 22.9. The minimum Gasteiger partial charge on any atom is -0.443 e. The lowest BCUT2D eigenvalue weighted by Gasteiger charge is -2.31. The van der Waals surface area contributed by atoms with E-state index in [1.165, 1.54) is 20.3 Å². The third kappa shape index (κ3) is 3.95. The van der Waals surface area contributed by atoms with Crippen LogP contribution in [0.2, 0.25) is 0 Å². The van der Waals surface area contributed by atoms with E-state index in [4.69, 9.17) is 4.74 Å². The van der Waals surface area contributed by atoms with E-state index in [0.717, 1.165) is 11.8 Å². The maximum atomic E-state index is 13.6. The fraction of sp³-hybridized carbons (Fsp3) is 0.714. The zero-order chi connectivity index (χ0) is 18.1. The van der Waals surface area contributed by atoms with Gasteiger partial charge in [-0.2, -0.15) is 13.2 Å². The fourth-order valence-electron chi connectivity index (χ4n) is 2.19. The van der Waals surface area contributed by atoms with Gasteiger partial charge in [0.15, 0.2) is 0 Å². The summed E-state index contributed by atoms with van der Waals surface area (Å²) in [6.07, 6.45) is -4.20. The highest BCUT2D eigenvalue weighted by molar-refractivity contribution is 5.87. The summed E-state index contributed by atoms with van der Waals surface area (Å²) in [6, 6.07) is 0. The van der Waals surface area contributed by atoms with Crippen molar-refractivity contribution in [3.8, 4) is 0 Å². The van der Waals surface area contributed by atoms with Crippen LogP contribution in [0.25, 0.3) is 0 Å². The number of allylic oxidation sites excluding steroid dienone is 1. The fourth-order valence-corrected chi connectivity index (χ4v) is 2.19. The second-order valence-corrected chi connectivity index (χ2v) is 6.42. The number of halogens is 3. The highest BCUT2D eigenvalue weighted by atomic mass is 19.4. The molecule has 9 heteroatoms. The molecule has 1 atom stereocenters. The van der Waals surface area contributed by atoms with Crippen LogP contribution >= 0.6 is 0 Å². The van der Waals surface area contributed by atoms with Gasteiger partial charge in [-0.1, -0.05) is 0 Å². The average molecular weight is 336 g/mol. The number of carbonyl (C=O) groups excluding carboxylic acids is 1. The van der Waals surface area contributed by atoms with Crippen molar-refractivity contribution in [3.63, 3.8) is 0 Å². The molecule has 0 aromatic carbocycles. The summed E-state index contributed by atoms with van der Waals surface area (Å²) in [5.41, 5.74) is 1.74. The van der Waals surface area contributed by atoms with E-state index < -0.39 is 29.8 Å². The Labute approximate surface area is 133 Å². The van der Waals surface area contributed by atoms with Gasteiger partial charge in [-0.3, -0.25) is 9.89 Å². The van der Waals surface area contributed by atoms with E-state index in [-0.39, 0.29) is 11.4 Å². The Bertz CT molecular complexity index is 523. The van der Waals surface area contributed by atoms with Crippen LogP contribution in [-0.2, 0) is 4.74 Å². The predicted octanol–water partition coefficient (Wildman–Crippen LogP) is 2.44. The summed E-state index contributed by atoms with van der Waals surface area (Å²) in [6.45, 7) is 5.38. The molecule has 2 N–H and O–H groups in total. The van der Waals surface area contributed by atoms with Crippen LogP contribution in [0.3, 0.4) is 0 Å². The van der Waals surface area contributed by atoms with Crippen LogP contribution in [0.15, 0.2) is 16.4 Å². The van der Waals surface area contributed by atoms with Crippen molar-refractivity contribution in [3.05, 3.63) is 11.4 Å². The van der Waals surface area contributed by atoms with Crippen LogP contribution in [0.5, 0.6) is 0 Å². The van der Waals surface area contributed by atoms with Gasteiger partial charge in [-0.25, -0.2) is 10.2 Å². The summed E-state index contributed by atoms with van der Waals surface area (Å²) in [5, 5.41) is 0. The van der Waals surface area contributed by atoms with E-state index in [1.807, 2.05) is 0 Å². The average Bonchev–Trinajstić information content (AvgIpc) is 2.64. The minimum absolute atomic E-state index is 0.0240. The number of hydrogen-bond donors (Lipinski definition) is 2. The molecule has 0 spiro atoms. The molecule has 23 heavy (non-hydrogen) atoms. The molecular weight excluding hydrogens is 313 g/mol. The summed E-state index contributed by atoms with van der Waals surface area (Å²) in [7, 11) is 2.86. The molecule has 0 saturated heterocycles. The van der Waals surface area contributed by atoms with Gasteiger partial charge >= 0.3 is 12.3 Å². The molecule has 1 aliphatic heterocycles. The Morgan fingerprint density at radius 3 is 2.35 bits per heavy atom. The Hall–Kier alpha value is -1.77. The monoisotopic (exact) mass is 336 g/mol. The highest BCUT2D eigenvalue weighted by Crippen LogP contribution is 2.48. The lowest BCUT2D eigenvalue weighted by molar-refractivity contribution is -0.204. The number of hydrazine groups is 1. The zero-order valence-electron chi connectivity index (χ0n) is 14.1. The smallest absolute Gasteiger partial charge is 0.414 e. The maximum Gasteiger partial charge on any atom is 0.414 e. The number of rotatable bonds is 3. The van der Waals surface area contributed by atoms with Gasteiger partial charge in [0.1, 0.15) is 11.0 Å². The molecule has 132 valence electrons. The van der Waals surface area contributed by atoms with E-state index >= 15 is 0 Å². The van der Waals surface area contributed by atoms with Crippen molar-refractivity contribution in [2.45, 2.75) is 39.5 Å². The summed E-state index contributed by atoms with van der Waals surface area (Å²) >= 11 is 0. The number of nitrogens with one attached hydrogen (secondary N) is 2. The first kappa shape index (κ1) is 19.3. The molecule has 0 aliphatic carbocycles. The van der Waals surface area contributed by atoms with Crippen LogP contribution in [0.4, 0.5) is 18.0 Å². The highest BCUT2D eigenvalue weighted by Gasteiger charge is 2.60. The summed E-state index contributed by atoms with van der Waals surface area (Å²) < 4.78 is 46.0. The largest absolute Gasteiger partial charge is 0.443 e. The van der Waals surface area contributed by atoms with Gasteiger partial charge in [0.2, 0.25) is 0 Å². The van der Waals surface area contributed by atoms with E-state index in [2.05, 4.69) is 15.8 Å². The molecule has 1 rings (SSSR count). The molecule has 0 aromatic rings. The van der Waals surface area contributed by atoms with Crippen LogP contribution in [-0.4, -0.2) is 49.6 Å². The van der Waals surface area contributed by atoms with Gasteiger partial charge in [-0.05, 0) is 27.7 Å². The lowest BCUT2D eigenvalue weighted by Crippen LogP contribution is -2.46. The quantitative estimate of drug-likeness (QED) is 0.614. The van der Waals surface area contributed by atoms with Gasteiger partial charge in [0.25, 0.3) is 0 Å². The Morgan fingerprint density at radius 2 is 1.96 bits per heavy atom. The third-order valence-corrected chi connectivity index (χ3v) is 3.31. The molecular formula is C14H23F3N4O2. The van der Waals surface area contributed by atoms with Crippen molar-refractivity contribution in [2.24, 2.45) is 10.4 Å². The minimum atomic E-state index is -4.56. The van der Waals surface area contributed by atoms with Crippen molar-refractivity contribution >= 4 is 12.3 Å². The maximum absolute atomic E-state index is 13.6. The number of alkyl halides is 3. The van der Waals surface area contributed by atoms with Crippen LogP contribution in [0.1, 0.15) is 27.7 Å². The van der Waals surface area contributed by atoms with Crippen LogP contribution in [0, 0.1) is 5.41 Å². The summed E-state index contributed by atoms with van der Waals surface area (Å²) in [5.74, 6) is 0. The first-order chi connectivity index (χ1) is 10.4. The Balaban J connectivity index is 3.37. The van der Waals surface area contributed by atoms with E-state index in [1.54, 1.807) is 20.8 Å². The standard InChI is InChI=1S/C14H23F3N4O2/c1-12(2,3)23-11(22)21-8-13(4,14(15,16)17)10(20-19-6)9(21)7-18-5/h7,19-20H,8H2,1-6H3/b18-7-. The number of nitrogens with zero attached hydrogens (tertiary/aromatic N) is 2. The molecule has 0 fully saturated rings. The van der Waals surface area contributed by atoms with Crippen LogP contribution < -0.4 is 10.9 Å². The number of ether oxygens (including phenoxy) is 1.